The van der Waals surface area contributed by atoms with Crippen molar-refractivity contribution in [2.75, 3.05) is 24.6 Å². The molecule has 1 aliphatic rings. The van der Waals surface area contributed by atoms with Gasteiger partial charge in [0.2, 0.25) is 11.8 Å². The molecule has 1 rings (SSSR count). The maximum Gasteiger partial charge on any atom is 0.245 e. The molecule has 0 saturated carbocycles. The van der Waals surface area contributed by atoms with Gasteiger partial charge in [0.05, 0.1) is 12.3 Å². The van der Waals surface area contributed by atoms with Crippen molar-refractivity contribution in [1.29, 1.82) is 0 Å². The van der Waals surface area contributed by atoms with Crippen molar-refractivity contribution in [2.24, 2.45) is 0 Å². The van der Waals surface area contributed by atoms with Crippen molar-refractivity contribution in [1.82, 2.24) is 10.2 Å². The van der Waals surface area contributed by atoms with E-state index in [0.717, 1.165) is 6.42 Å². The fraction of sp³-hybridized carbons (Fsp3) is 0.833. The summed E-state index contributed by atoms with van der Waals surface area (Å²) in [5, 5.41) is 2.64. The number of hydrogen-bond acceptors (Lipinski definition) is 4. The SMILES string of the molecule is CCCC1NC(=O)CN(CCS(=O)(=O)CCC)C1=O. The second-order valence-electron chi connectivity index (χ2n) is 4.82. The smallest absolute Gasteiger partial charge is 0.245 e. The predicted octanol–water partition coefficient (Wildman–Crippen LogP) is -0.0617. The van der Waals surface area contributed by atoms with Crippen LogP contribution in [0, 0.1) is 0 Å². The molecular formula is C12H22N2O4S. The van der Waals surface area contributed by atoms with Gasteiger partial charge in [-0.25, -0.2) is 8.42 Å². The average molecular weight is 290 g/mol. The first-order valence-corrected chi connectivity index (χ1v) is 8.50. The molecule has 1 saturated heterocycles. The molecule has 0 aliphatic carbocycles. The number of nitrogens with one attached hydrogen (secondary N) is 1. The summed E-state index contributed by atoms with van der Waals surface area (Å²) in [7, 11) is -3.13. The zero-order valence-electron chi connectivity index (χ0n) is 11.5. The molecule has 7 heteroatoms. The van der Waals surface area contributed by atoms with E-state index in [4.69, 9.17) is 0 Å². The minimum atomic E-state index is -3.13. The van der Waals surface area contributed by atoms with Gasteiger partial charge in [0.25, 0.3) is 0 Å². The van der Waals surface area contributed by atoms with Gasteiger partial charge in [-0.15, -0.1) is 0 Å². The Kier molecular flexibility index (Phi) is 5.78. The Hall–Kier alpha value is -1.11. The molecule has 1 atom stereocenters. The quantitative estimate of drug-likeness (QED) is 0.712. The average Bonchev–Trinajstić information content (AvgIpc) is 2.32. The fourth-order valence-corrected chi connectivity index (χ4v) is 3.43. The first-order chi connectivity index (χ1) is 8.89. The molecule has 0 radical (unpaired) electrons. The van der Waals surface area contributed by atoms with Gasteiger partial charge in [0.1, 0.15) is 6.04 Å². The maximum absolute atomic E-state index is 12.1. The third-order valence-electron chi connectivity index (χ3n) is 3.04. The minimum absolute atomic E-state index is 0.0410. The summed E-state index contributed by atoms with van der Waals surface area (Å²) in [6, 6.07) is -0.500. The highest BCUT2D eigenvalue weighted by Crippen LogP contribution is 2.08. The zero-order chi connectivity index (χ0) is 14.5. The molecule has 0 aromatic heterocycles. The van der Waals surface area contributed by atoms with Crippen molar-refractivity contribution in [3.8, 4) is 0 Å². The van der Waals surface area contributed by atoms with E-state index in [0.29, 0.717) is 12.8 Å². The van der Waals surface area contributed by atoms with E-state index in [1.807, 2.05) is 6.92 Å². The Balaban J connectivity index is 2.61. The molecule has 0 aromatic carbocycles. The Bertz CT molecular complexity index is 433. The summed E-state index contributed by atoms with van der Waals surface area (Å²) < 4.78 is 23.3. The van der Waals surface area contributed by atoms with Crippen LogP contribution in [0.25, 0.3) is 0 Å². The zero-order valence-corrected chi connectivity index (χ0v) is 12.3. The number of piperazine rings is 1. The second kappa shape index (κ2) is 6.88. The van der Waals surface area contributed by atoms with E-state index >= 15 is 0 Å². The normalized spacial score (nSPS) is 20.5. The van der Waals surface area contributed by atoms with Crippen LogP contribution in [-0.2, 0) is 19.4 Å². The number of rotatable bonds is 7. The summed E-state index contributed by atoms with van der Waals surface area (Å²) >= 11 is 0. The number of hydrogen-bond donors (Lipinski definition) is 1. The number of amides is 2. The molecule has 1 fully saturated rings. The number of carbonyl (C=O) groups is 2. The van der Waals surface area contributed by atoms with E-state index in [9.17, 15) is 18.0 Å². The molecule has 0 aromatic rings. The van der Waals surface area contributed by atoms with Crippen LogP contribution >= 0.6 is 0 Å². The van der Waals surface area contributed by atoms with E-state index < -0.39 is 15.9 Å². The van der Waals surface area contributed by atoms with Gasteiger partial charge in [-0.1, -0.05) is 20.3 Å². The maximum atomic E-state index is 12.1. The summed E-state index contributed by atoms with van der Waals surface area (Å²) in [5.41, 5.74) is 0. The monoisotopic (exact) mass is 290 g/mol. The van der Waals surface area contributed by atoms with E-state index in [-0.39, 0.29) is 36.4 Å². The summed E-state index contributed by atoms with van der Waals surface area (Å²) in [4.78, 5) is 24.9. The van der Waals surface area contributed by atoms with Crippen LogP contribution in [0.3, 0.4) is 0 Å². The molecule has 2 amide bonds. The topological polar surface area (TPSA) is 83.6 Å². The lowest BCUT2D eigenvalue weighted by atomic mass is 10.1. The molecule has 1 unspecified atom stereocenters. The van der Waals surface area contributed by atoms with Crippen molar-refractivity contribution >= 4 is 21.7 Å². The Morgan fingerprint density at radius 2 is 1.89 bits per heavy atom. The summed E-state index contributed by atoms with van der Waals surface area (Å²) in [6.07, 6.45) is 1.94. The van der Waals surface area contributed by atoms with Gasteiger partial charge in [0.15, 0.2) is 9.84 Å². The molecule has 6 nitrogen and oxygen atoms in total. The predicted molar refractivity (Wildman–Crippen MR) is 72.4 cm³/mol. The van der Waals surface area contributed by atoms with Crippen LogP contribution in [0.2, 0.25) is 0 Å². The summed E-state index contributed by atoms with van der Waals surface area (Å²) in [5.74, 6) is -0.336. The molecule has 0 bridgehead atoms. The molecule has 1 N–H and O–H groups in total. The van der Waals surface area contributed by atoms with Crippen LogP contribution in [0.5, 0.6) is 0 Å². The molecule has 1 heterocycles. The Morgan fingerprint density at radius 1 is 1.21 bits per heavy atom. The van der Waals surface area contributed by atoms with E-state index in [1.165, 1.54) is 4.90 Å². The fourth-order valence-electron chi connectivity index (χ4n) is 2.11. The van der Waals surface area contributed by atoms with Crippen LogP contribution in [0.15, 0.2) is 0 Å². The molecule has 0 spiro atoms. The number of nitrogens with zero attached hydrogens (tertiary/aromatic N) is 1. The van der Waals surface area contributed by atoms with Crippen molar-refractivity contribution in [3.63, 3.8) is 0 Å². The Morgan fingerprint density at radius 3 is 2.47 bits per heavy atom. The van der Waals surface area contributed by atoms with Crippen LogP contribution < -0.4 is 5.32 Å². The first kappa shape index (κ1) is 15.9. The standard InChI is InChI=1S/C12H22N2O4S/c1-3-5-10-12(16)14(9-11(15)13-10)6-8-19(17,18)7-4-2/h10H,3-9H2,1-2H3,(H,13,15). The van der Waals surface area contributed by atoms with Crippen LogP contribution in [0.1, 0.15) is 33.1 Å². The highest BCUT2D eigenvalue weighted by molar-refractivity contribution is 7.91. The highest BCUT2D eigenvalue weighted by Gasteiger charge is 2.32. The van der Waals surface area contributed by atoms with Crippen LogP contribution in [0.4, 0.5) is 0 Å². The van der Waals surface area contributed by atoms with Crippen molar-refractivity contribution < 1.29 is 18.0 Å². The molecule has 1 aliphatic heterocycles. The second-order valence-corrected chi connectivity index (χ2v) is 7.12. The third kappa shape index (κ3) is 4.81. The van der Waals surface area contributed by atoms with Gasteiger partial charge in [-0.3, -0.25) is 9.59 Å². The van der Waals surface area contributed by atoms with Gasteiger partial charge >= 0.3 is 0 Å². The van der Waals surface area contributed by atoms with Crippen molar-refractivity contribution in [3.05, 3.63) is 0 Å². The highest BCUT2D eigenvalue weighted by atomic mass is 32.2. The Labute approximate surface area is 114 Å². The van der Waals surface area contributed by atoms with Gasteiger partial charge < -0.3 is 10.2 Å². The lowest BCUT2D eigenvalue weighted by molar-refractivity contribution is -0.144. The molecular weight excluding hydrogens is 268 g/mol. The lowest BCUT2D eigenvalue weighted by Crippen LogP contribution is -2.58. The summed E-state index contributed by atoms with van der Waals surface area (Å²) in [6.45, 7) is 3.80. The minimum Gasteiger partial charge on any atom is -0.343 e. The number of sulfone groups is 1. The van der Waals surface area contributed by atoms with Gasteiger partial charge in [0, 0.05) is 12.3 Å². The van der Waals surface area contributed by atoms with Gasteiger partial charge in [-0.2, -0.15) is 0 Å². The van der Waals surface area contributed by atoms with Crippen molar-refractivity contribution in [2.45, 2.75) is 39.2 Å². The third-order valence-corrected chi connectivity index (χ3v) is 4.88. The molecule has 110 valence electrons. The molecule has 19 heavy (non-hydrogen) atoms. The van der Waals surface area contributed by atoms with E-state index in [1.54, 1.807) is 6.92 Å². The lowest BCUT2D eigenvalue weighted by Gasteiger charge is -2.32. The number of carbonyl (C=O) groups excluding carboxylic acids is 2. The van der Waals surface area contributed by atoms with E-state index in [2.05, 4.69) is 5.32 Å². The van der Waals surface area contributed by atoms with Gasteiger partial charge in [-0.05, 0) is 12.8 Å². The van der Waals surface area contributed by atoms with Crippen LogP contribution in [-0.4, -0.2) is 55.8 Å². The largest absolute Gasteiger partial charge is 0.343 e. The first-order valence-electron chi connectivity index (χ1n) is 6.68.